The van der Waals surface area contributed by atoms with E-state index in [1.165, 1.54) is 0 Å². The largest absolute Gasteiger partial charge is 0.497 e. The van der Waals surface area contributed by atoms with E-state index in [0.717, 1.165) is 5.39 Å². The second kappa shape index (κ2) is 5.69. The van der Waals surface area contributed by atoms with E-state index in [0.29, 0.717) is 11.1 Å². The van der Waals surface area contributed by atoms with Crippen molar-refractivity contribution in [3.05, 3.63) is 66.7 Å². The quantitative estimate of drug-likeness (QED) is 0.690. The van der Waals surface area contributed by atoms with Gasteiger partial charge in [-0.1, -0.05) is 36.4 Å². The molecule has 0 aliphatic rings. The van der Waals surface area contributed by atoms with Crippen LogP contribution in [0.4, 0.5) is 0 Å². The van der Waals surface area contributed by atoms with Gasteiger partial charge in [-0.15, -0.1) is 0 Å². The Bertz CT molecular complexity index is 894. The smallest absolute Gasteiger partial charge is 0.339 e. The molecular formula is C17H14O4S. The van der Waals surface area contributed by atoms with Crippen LogP contribution in [0.5, 0.6) is 11.5 Å². The van der Waals surface area contributed by atoms with E-state index in [1.807, 2.05) is 18.2 Å². The molecule has 0 bridgehead atoms. The van der Waals surface area contributed by atoms with Crippen LogP contribution in [0.25, 0.3) is 10.8 Å². The molecule has 0 radical (unpaired) electrons. The highest BCUT2D eigenvalue weighted by atomic mass is 32.2. The summed E-state index contributed by atoms with van der Waals surface area (Å²) < 4.78 is 35.3. The van der Waals surface area contributed by atoms with Gasteiger partial charge in [0.25, 0.3) is 0 Å². The number of benzene rings is 3. The molecule has 0 unspecified atom stereocenters. The lowest BCUT2D eigenvalue weighted by atomic mass is 10.1. The maximum atomic E-state index is 12.5. The fourth-order valence-corrected chi connectivity index (χ4v) is 3.37. The monoisotopic (exact) mass is 314 g/mol. The first kappa shape index (κ1) is 14.4. The molecule has 0 spiro atoms. The molecule has 0 aliphatic heterocycles. The van der Waals surface area contributed by atoms with Crippen molar-refractivity contribution in [3.63, 3.8) is 0 Å². The summed E-state index contributed by atoms with van der Waals surface area (Å²) in [7, 11) is -2.36. The highest BCUT2D eigenvalue weighted by Crippen LogP contribution is 2.26. The Labute approximate surface area is 129 Å². The molecule has 3 aromatic rings. The maximum absolute atomic E-state index is 12.5. The minimum Gasteiger partial charge on any atom is -0.497 e. The third kappa shape index (κ3) is 2.76. The van der Waals surface area contributed by atoms with Crippen LogP contribution >= 0.6 is 0 Å². The second-order valence-electron chi connectivity index (χ2n) is 4.69. The average molecular weight is 314 g/mol. The van der Waals surface area contributed by atoms with Gasteiger partial charge in [0.1, 0.15) is 16.4 Å². The number of ether oxygens (including phenoxy) is 1. The summed E-state index contributed by atoms with van der Waals surface area (Å²) in [6, 6.07) is 18.8. The Morgan fingerprint density at radius 2 is 1.41 bits per heavy atom. The first-order valence-electron chi connectivity index (χ1n) is 6.66. The van der Waals surface area contributed by atoms with E-state index < -0.39 is 10.1 Å². The molecule has 0 aliphatic carbocycles. The maximum Gasteiger partial charge on any atom is 0.339 e. The summed E-state index contributed by atoms with van der Waals surface area (Å²) in [5.74, 6) is 0.878. The van der Waals surface area contributed by atoms with Crippen LogP contribution in [0.2, 0.25) is 0 Å². The van der Waals surface area contributed by atoms with Crippen LogP contribution in [0.15, 0.2) is 71.6 Å². The van der Waals surface area contributed by atoms with Gasteiger partial charge in [-0.05, 0) is 35.7 Å². The topological polar surface area (TPSA) is 52.6 Å². The second-order valence-corrected chi connectivity index (χ2v) is 6.21. The summed E-state index contributed by atoms with van der Waals surface area (Å²) in [4.78, 5) is 0.154. The van der Waals surface area contributed by atoms with Crippen molar-refractivity contribution in [2.24, 2.45) is 0 Å². The number of fused-ring (bicyclic) bond motifs is 1. The molecule has 22 heavy (non-hydrogen) atoms. The summed E-state index contributed by atoms with van der Waals surface area (Å²) >= 11 is 0. The fourth-order valence-electron chi connectivity index (χ4n) is 2.22. The van der Waals surface area contributed by atoms with Gasteiger partial charge in [0.2, 0.25) is 0 Å². The number of rotatable bonds is 4. The Kier molecular flexibility index (Phi) is 3.73. The van der Waals surface area contributed by atoms with Crippen molar-refractivity contribution in [3.8, 4) is 11.5 Å². The van der Waals surface area contributed by atoms with Gasteiger partial charge in [-0.2, -0.15) is 8.42 Å². The van der Waals surface area contributed by atoms with Gasteiger partial charge in [0, 0.05) is 5.39 Å². The van der Waals surface area contributed by atoms with Crippen molar-refractivity contribution in [1.29, 1.82) is 0 Å². The average Bonchev–Trinajstić information content (AvgIpc) is 2.54. The van der Waals surface area contributed by atoms with Gasteiger partial charge in [0.15, 0.2) is 0 Å². The van der Waals surface area contributed by atoms with Crippen LogP contribution in [0.1, 0.15) is 0 Å². The Morgan fingerprint density at radius 1 is 0.773 bits per heavy atom. The first-order valence-corrected chi connectivity index (χ1v) is 8.07. The van der Waals surface area contributed by atoms with E-state index in [1.54, 1.807) is 55.6 Å². The molecule has 5 heteroatoms. The van der Waals surface area contributed by atoms with Gasteiger partial charge in [-0.25, -0.2) is 0 Å². The molecule has 0 atom stereocenters. The zero-order valence-corrected chi connectivity index (χ0v) is 12.7. The molecule has 0 heterocycles. The lowest BCUT2D eigenvalue weighted by molar-refractivity contribution is 0.413. The Morgan fingerprint density at radius 3 is 2.14 bits per heavy atom. The Hall–Kier alpha value is -2.53. The molecular weight excluding hydrogens is 300 g/mol. The summed E-state index contributed by atoms with van der Waals surface area (Å²) in [6.07, 6.45) is 0. The molecule has 0 saturated heterocycles. The first-order chi connectivity index (χ1) is 10.6. The molecule has 0 aromatic heterocycles. The molecule has 0 saturated carbocycles. The zero-order valence-electron chi connectivity index (χ0n) is 11.9. The van der Waals surface area contributed by atoms with Crippen molar-refractivity contribution in [1.82, 2.24) is 0 Å². The molecule has 0 fully saturated rings. The van der Waals surface area contributed by atoms with E-state index in [9.17, 15) is 8.42 Å². The van der Waals surface area contributed by atoms with Gasteiger partial charge >= 0.3 is 10.1 Å². The number of hydrogen-bond acceptors (Lipinski definition) is 4. The minimum absolute atomic E-state index is 0.154. The predicted octanol–water partition coefficient (Wildman–Crippen LogP) is 3.62. The molecule has 112 valence electrons. The van der Waals surface area contributed by atoms with Crippen LogP contribution in [0, 0.1) is 0 Å². The minimum atomic E-state index is -3.90. The predicted molar refractivity (Wildman–Crippen MR) is 84.8 cm³/mol. The number of methoxy groups -OCH3 is 1. The highest BCUT2D eigenvalue weighted by molar-refractivity contribution is 7.87. The molecule has 3 rings (SSSR count). The molecule has 0 amide bonds. The molecule has 4 nitrogen and oxygen atoms in total. The van der Waals surface area contributed by atoms with Gasteiger partial charge < -0.3 is 8.92 Å². The Balaban J connectivity index is 2.01. The summed E-state index contributed by atoms with van der Waals surface area (Å²) in [5, 5.41) is 1.49. The van der Waals surface area contributed by atoms with E-state index in [2.05, 4.69) is 0 Å². The molecule has 3 aromatic carbocycles. The van der Waals surface area contributed by atoms with Crippen molar-refractivity contribution in [2.45, 2.75) is 4.90 Å². The lowest BCUT2D eigenvalue weighted by Crippen LogP contribution is -2.10. The summed E-state index contributed by atoms with van der Waals surface area (Å²) in [6.45, 7) is 0. The third-order valence-electron chi connectivity index (χ3n) is 3.28. The highest BCUT2D eigenvalue weighted by Gasteiger charge is 2.19. The lowest BCUT2D eigenvalue weighted by Gasteiger charge is -2.10. The summed E-state index contributed by atoms with van der Waals surface area (Å²) in [5.41, 5.74) is 0. The van der Waals surface area contributed by atoms with Crippen molar-refractivity contribution in [2.75, 3.05) is 7.11 Å². The van der Waals surface area contributed by atoms with Crippen molar-refractivity contribution < 1.29 is 17.3 Å². The normalized spacial score (nSPS) is 11.3. The third-order valence-corrected chi connectivity index (χ3v) is 4.59. The van der Waals surface area contributed by atoms with E-state index in [-0.39, 0.29) is 10.6 Å². The van der Waals surface area contributed by atoms with Crippen molar-refractivity contribution >= 4 is 20.9 Å². The molecule has 0 N–H and O–H groups in total. The van der Waals surface area contributed by atoms with Crippen LogP contribution < -0.4 is 8.92 Å². The van der Waals surface area contributed by atoms with Crippen LogP contribution in [0.3, 0.4) is 0 Å². The van der Waals surface area contributed by atoms with E-state index >= 15 is 0 Å². The van der Waals surface area contributed by atoms with Gasteiger partial charge in [0.05, 0.1) is 7.11 Å². The standard InChI is InChI=1S/C17H14O4S/c1-20-14-9-11-15(12-10-14)21-22(18,19)17-8-4-6-13-5-2-3-7-16(13)17/h2-12H,1H3. The van der Waals surface area contributed by atoms with Gasteiger partial charge in [-0.3, -0.25) is 0 Å². The fraction of sp³-hybridized carbons (Fsp3) is 0.0588. The number of hydrogen-bond donors (Lipinski definition) is 0. The zero-order chi connectivity index (χ0) is 15.6. The van der Waals surface area contributed by atoms with Crippen LogP contribution in [-0.4, -0.2) is 15.5 Å². The van der Waals surface area contributed by atoms with E-state index in [4.69, 9.17) is 8.92 Å². The van der Waals surface area contributed by atoms with Crippen LogP contribution in [-0.2, 0) is 10.1 Å². The SMILES string of the molecule is COc1ccc(OS(=O)(=O)c2cccc3ccccc23)cc1.